The predicted octanol–water partition coefficient (Wildman–Crippen LogP) is 5.33. The van der Waals surface area contributed by atoms with E-state index in [1.807, 2.05) is 0 Å². The molecule has 0 N–H and O–H groups in total. The van der Waals surface area contributed by atoms with Crippen LogP contribution in [0.1, 0.15) is 49.7 Å². The van der Waals surface area contributed by atoms with Crippen molar-refractivity contribution < 1.29 is 0 Å². The minimum atomic E-state index is 0.565. The summed E-state index contributed by atoms with van der Waals surface area (Å²) in [6.45, 7) is 4.94. The van der Waals surface area contributed by atoms with Crippen LogP contribution in [0, 0.1) is 11.8 Å². The molecule has 1 saturated carbocycles. The SMILES string of the molecule is CCCCN1CC2CC1CC2C(c1ccccc1)c1ccccc1. The van der Waals surface area contributed by atoms with E-state index in [2.05, 4.69) is 72.5 Å². The summed E-state index contributed by atoms with van der Waals surface area (Å²) in [4.78, 5) is 2.78. The Balaban J connectivity index is 1.58. The molecule has 1 heterocycles. The topological polar surface area (TPSA) is 3.24 Å². The molecule has 2 fully saturated rings. The Morgan fingerprint density at radius 2 is 1.54 bits per heavy atom. The second-order valence-electron chi connectivity index (χ2n) is 7.70. The standard InChI is InChI=1S/C23H29N/c1-2-3-14-24-17-20-15-21(24)16-22(20)23(18-10-6-4-7-11-18)19-12-8-5-9-13-19/h4-13,20-23H,2-3,14-17H2,1H3. The molecule has 2 aromatic rings. The van der Waals surface area contributed by atoms with E-state index in [4.69, 9.17) is 0 Å². The number of unbranched alkanes of at least 4 members (excludes halogenated alkanes) is 1. The first-order chi connectivity index (χ1) is 11.9. The first kappa shape index (κ1) is 15.9. The van der Waals surface area contributed by atoms with Crippen molar-refractivity contribution in [2.24, 2.45) is 11.8 Å². The Bertz CT molecular complexity index is 596. The number of hydrogen-bond acceptors (Lipinski definition) is 1. The molecule has 2 aliphatic rings. The maximum Gasteiger partial charge on any atom is 0.0121 e. The van der Waals surface area contributed by atoms with Crippen molar-refractivity contribution in [1.29, 1.82) is 0 Å². The quantitative estimate of drug-likeness (QED) is 0.695. The van der Waals surface area contributed by atoms with Gasteiger partial charge in [0.15, 0.2) is 0 Å². The van der Waals surface area contributed by atoms with E-state index in [0.717, 1.165) is 17.9 Å². The number of hydrogen-bond donors (Lipinski definition) is 0. The first-order valence-electron chi connectivity index (χ1n) is 9.70. The van der Waals surface area contributed by atoms with E-state index in [-0.39, 0.29) is 0 Å². The summed E-state index contributed by atoms with van der Waals surface area (Å²) >= 11 is 0. The molecule has 2 bridgehead atoms. The lowest BCUT2D eigenvalue weighted by Gasteiger charge is -2.36. The smallest absolute Gasteiger partial charge is 0.0121 e. The fourth-order valence-corrected chi connectivity index (χ4v) is 5.14. The van der Waals surface area contributed by atoms with Gasteiger partial charge in [0.05, 0.1) is 0 Å². The molecule has 1 heteroatoms. The molecule has 1 nitrogen and oxygen atoms in total. The number of rotatable bonds is 6. The second-order valence-corrected chi connectivity index (χ2v) is 7.70. The zero-order valence-corrected chi connectivity index (χ0v) is 14.8. The monoisotopic (exact) mass is 319 g/mol. The van der Waals surface area contributed by atoms with Crippen molar-refractivity contribution in [3.63, 3.8) is 0 Å². The van der Waals surface area contributed by atoms with Gasteiger partial charge in [-0.3, -0.25) is 0 Å². The highest BCUT2D eigenvalue weighted by Gasteiger charge is 2.47. The van der Waals surface area contributed by atoms with Gasteiger partial charge in [-0.1, -0.05) is 74.0 Å². The average Bonchev–Trinajstić information content (AvgIpc) is 3.22. The van der Waals surface area contributed by atoms with E-state index < -0.39 is 0 Å². The Kier molecular flexibility index (Phi) is 4.71. The zero-order valence-electron chi connectivity index (χ0n) is 14.8. The first-order valence-corrected chi connectivity index (χ1v) is 9.70. The van der Waals surface area contributed by atoms with Crippen LogP contribution in [0.25, 0.3) is 0 Å². The van der Waals surface area contributed by atoms with Crippen LogP contribution in [-0.2, 0) is 0 Å². The molecule has 0 radical (unpaired) electrons. The Morgan fingerprint density at radius 3 is 2.04 bits per heavy atom. The van der Waals surface area contributed by atoms with Crippen molar-refractivity contribution in [2.75, 3.05) is 13.1 Å². The van der Waals surface area contributed by atoms with Crippen LogP contribution in [0.4, 0.5) is 0 Å². The summed E-state index contributed by atoms with van der Waals surface area (Å²) in [6.07, 6.45) is 5.47. The minimum absolute atomic E-state index is 0.565. The largest absolute Gasteiger partial charge is 0.300 e. The summed E-state index contributed by atoms with van der Waals surface area (Å²) in [7, 11) is 0. The van der Waals surface area contributed by atoms with Gasteiger partial charge in [0.2, 0.25) is 0 Å². The molecule has 1 aliphatic carbocycles. The van der Waals surface area contributed by atoms with Gasteiger partial charge in [-0.25, -0.2) is 0 Å². The number of fused-ring (bicyclic) bond motifs is 2. The molecule has 1 aliphatic heterocycles. The lowest BCUT2D eigenvalue weighted by molar-refractivity contribution is 0.164. The fraction of sp³-hybridized carbons (Fsp3) is 0.478. The highest BCUT2D eigenvalue weighted by atomic mass is 15.2. The van der Waals surface area contributed by atoms with Gasteiger partial charge < -0.3 is 4.90 Å². The predicted molar refractivity (Wildman–Crippen MR) is 101 cm³/mol. The van der Waals surface area contributed by atoms with Gasteiger partial charge in [-0.05, 0) is 48.8 Å². The number of nitrogens with zero attached hydrogens (tertiary/aromatic N) is 1. The Hall–Kier alpha value is -1.60. The lowest BCUT2D eigenvalue weighted by atomic mass is 9.75. The highest BCUT2D eigenvalue weighted by Crippen LogP contribution is 2.50. The third-order valence-corrected chi connectivity index (χ3v) is 6.25. The summed E-state index contributed by atoms with van der Waals surface area (Å²) < 4.78 is 0. The van der Waals surface area contributed by atoms with Crippen molar-refractivity contribution in [3.8, 4) is 0 Å². The number of piperidine rings is 1. The van der Waals surface area contributed by atoms with Crippen molar-refractivity contribution in [3.05, 3.63) is 71.8 Å². The molecule has 0 spiro atoms. The van der Waals surface area contributed by atoms with Gasteiger partial charge in [0, 0.05) is 18.5 Å². The van der Waals surface area contributed by atoms with E-state index in [1.165, 1.54) is 49.9 Å². The van der Waals surface area contributed by atoms with Crippen molar-refractivity contribution in [1.82, 2.24) is 4.90 Å². The zero-order chi connectivity index (χ0) is 16.4. The van der Waals surface area contributed by atoms with Crippen LogP contribution >= 0.6 is 0 Å². The summed E-state index contributed by atoms with van der Waals surface area (Å²) in [5, 5.41) is 0. The van der Waals surface area contributed by atoms with Gasteiger partial charge in [-0.2, -0.15) is 0 Å². The van der Waals surface area contributed by atoms with Crippen LogP contribution in [-0.4, -0.2) is 24.0 Å². The summed E-state index contributed by atoms with van der Waals surface area (Å²) in [5.41, 5.74) is 3.00. The summed E-state index contributed by atoms with van der Waals surface area (Å²) in [5.74, 6) is 2.24. The van der Waals surface area contributed by atoms with Gasteiger partial charge in [0.1, 0.15) is 0 Å². The van der Waals surface area contributed by atoms with E-state index in [0.29, 0.717) is 5.92 Å². The Labute approximate surface area is 146 Å². The molecule has 4 rings (SSSR count). The minimum Gasteiger partial charge on any atom is -0.300 e. The normalized spacial score (nSPS) is 26.3. The van der Waals surface area contributed by atoms with Crippen molar-refractivity contribution in [2.45, 2.75) is 44.6 Å². The van der Waals surface area contributed by atoms with Crippen molar-refractivity contribution >= 4 is 0 Å². The van der Waals surface area contributed by atoms with Gasteiger partial charge >= 0.3 is 0 Å². The van der Waals surface area contributed by atoms with Crippen LogP contribution in [0.15, 0.2) is 60.7 Å². The molecule has 1 saturated heterocycles. The number of likely N-dealkylation sites (tertiary alicyclic amines) is 1. The second kappa shape index (κ2) is 7.11. The summed E-state index contributed by atoms with van der Waals surface area (Å²) in [6, 6.07) is 23.2. The molecule has 24 heavy (non-hydrogen) atoms. The molecule has 3 atom stereocenters. The Morgan fingerprint density at radius 1 is 0.917 bits per heavy atom. The number of benzene rings is 2. The van der Waals surface area contributed by atoms with E-state index >= 15 is 0 Å². The maximum absolute atomic E-state index is 2.78. The van der Waals surface area contributed by atoms with Crippen LogP contribution < -0.4 is 0 Å². The molecule has 126 valence electrons. The highest BCUT2D eigenvalue weighted by molar-refractivity contribution is 5.34. The van der Waals surface area contributed by atoms with Gasteiger partial charge in [-0.15, -0.1) is 0 Å². The van der Waals surface area contributed by atoms with E-state index in [9.17, 15) is 0 Å². The third-order valence-electron chi connectivity index (χ3n) is 6.25. The molecular weight excluding hydrogens is 290 g/mol. The maximum atomic E-state index is 2.78. The van der Waals surface area contributed by atoms with Gasteiger partial charge in [0.25, 0.3) is 0 Å². The molecule has 3 unspecified atom stereocenters. The average molecular weight is 319 g/mol. The van der Waals surface area contributed by atoms with Crippen LogP contribution in [0.2, 0.25) is 0 Å². The molecule has 0 amide bonds. The van der Waals surface area contributed by atoms with Crippen LogP contribution in [0.3, 0.4) is 0 Å². The fourth-order valence-electron chi connectivity index (χ4n) is 5.14. The lowest BCUT2D eigenvalue weighted by Crippen LogP contribution is -2.37. The van der Waals surface area contributed by atoms with Crippen LogP contribution in [0.5, 0.6) is 0 Å². The molecule has 0 aromatic heterocycles. The molecular formula is C23H29N. The third kappa shape index (κ3) is 3.02. The molecule has 2 aromatic carbocycles. The van der Waals surface area contributed by atoms with E-state index in [1.54, 1.807) is 0 Å².